The Morgan fingerprint density at radius 2 is 1.04 bits per heavy atom. The first-order chi connectivity index (χ1) is 12.1. The largest absolute Gasteiger partial charge is 0.339 e. The molecule has 1 saturated heterocycles. The molecule has 1 fully saturated rings. The highest BCUT2D eigenvalue weighted by Gasteiger charge is 2.24. The van der Waals surface area contributed by atoms with Gasteiger partial charge in [0.25, 0.3) is 20.2 Å². The summed E-state index contributed by atoms with van der Waals surface area (Å²) in [6.45, 7) is -0.141. The van der Waals surface area contributed by atoms with Gasteiger partial charge in [0, 0.05) is 26.2 Å². The van der Waals surface area contributed by atoms with E-state index in [1.807, 2.05) is 0 Å². The van der Waals surface area contributed by atoms with Crippen LogP contribution in [0, 0.1) is 0 Å². The Labute approximate surface area is 150 Å². The third kappa shape index (κ3) is 7.88. The Balaban J connectivity index is 2.30. The van der Waals surface area contributed by atoms with Crippen LogP contribution in [0.4, 0.5) is 8.78 Å². The standard InChI is InChI=1S/C12H20F2N2O8S2/c13-9-25(19,20)23-7-1-11(17)15-3-5-16(6-4-15)12(18)2-8-24-26(21,22)10-14/h1-10H2. The van der Waals surface area contributed by atoms with Crippen molar-refractivity contribution in [2.75, 3.05) is 51.4 Å². The van der Waals surface area contributed by atoms with Crippen LogP contribution in [0.3, 0.4) is 0 Å². The molecule has 26 heavy (non-hydrogen) atoms. The molecule has 1 rings (SSSR count). The molecule has 1 aliphatic rings. The van der Waals surface area contributed by atoms with Crippen molar-refractivity contribution in [2.45, 2.75) is 12.8 Å². The first kappa shape index (κ1) is 22.7. The number of rotatable bonds is 10. The molecule has 0 aromatic rings. The Kier molecular flexibility index (Phi) is 8.79. The highest BCUT2D eigenvalue weighted by molar-refractivity contribution is 7.86. The number of carbonyl (C=O) groups excluding carboxylic acids is 2. The van der Waals surface area contributed by atoms with Gasteiger partial charge in [-0.3, -0.25) is 18.0 Å². The van der Waals surface area contributed by atoms with Gasteiger partial charge in [-0.1, -0.05) is 0 Å². The predicted octanol–water partition coefficient (Wildman–Crippen LogP) is -1.02. The lowest BCUT2D eigenvalue weighted by molar-refractivity contribution is -0.140. The molecule has 0 N–H and O–H groups in total. The molecule has 2 amide bonds. The van der Waals surface area contributed by atoms with E-state index in [1.165, 1.54) is 9.80 Å². The van der Waals surface area contributed by atoms with Gasteiger partial charge in [-0.15, -0.1) is 0 Å². The van der Waals surface area contributed by atoms with Crippen molar-refractivity contribution in [3.05, 3.63) is 0 Å². The van der Waals surface area contributed by atoms with Crippen molar-refractivity contribution in [1.82, 2.24) is 9.80 Å². The van der Waals surface area contributed by atoms with Crippen molar-refractivity contribution in [1.29, 1.82) is 0 Å². The van der Waals surface area contributed by atoms with Crippen molar-refractivity contribution < 1.29 is 43.6 Å². The van der Waals surface area contributed by atoms with Crippen LogP contribution in [-0.2, 0) is 38.2 Å². The maximum atomic E-state index is 12.0. The number of halogens is 2. The molecule has 0 bridgehead atoms. The van der Waals surface area contributed by atoms with E-state index in [0.717, 1.165) is 0 Å². The van der Waals surface area contributed by atoms with Crippen LogP contribution in [-0.4, -0.2) is 89.9 Å². The number of nitrogens with zero attached hydrogens (tertiary/aromatic N) is 2. The van der Waals surface area contributed by atoms with Crippen LogP contribution in [0.25, 0.3) is 0 Å². The fourth-order valence-corrected chi connectivity index (χ4v) is 2.90. The Hall–Kier alpha value is -1.38. The minimum atomic E-state index is -4.26. The summed E-state index contributed by atoms with van der Waals surface area (Å²) in [6, 6.07) is -3.34. The highest BCUT2D eigenvalue weighted by Crippen LogP contribution is 2.07. The maximum Gasteiger partial charge on any atom is 0.297 e. The molecule has 10 nitrogen and oxygen atoms in total. The molecule has 0 atom stereocenters. The predicted molar refractivity (Wildman–Crippen MR) is 84.1 cm³/mol. The maximum absolute atomic E-state index is 12.0. The zero-order chi connectivity index (χ0) is 19.8. The summed E-state index contributed by atoms with van der Waals surface area (Å²) >= 11 is 0. The molecule has 0 aromatic carbocycles. The number of piperazine rings is 1. The fraction of sp³-hybridized carbons (Fsp3) is 0.833. The topological polar surface area (TPSA) is 127 Å². The normalized spacial score (nSPS) is 15.9. The molecule has 1 aliphatic heterocycles. The first-order valence-corrected chi connectivity index (χ1v) is 10.7. The Morgan fingerprint density at radius 3 is 1.31 bits per heavy atom. The number of hydrogen-bond acceptors (Lipinski definition) is 8. The monoisotopic (exact) mass is 422 g/mol. The Morgan fingerprint density at radius 1 is 0.731 bits per heavy atom. The molecule has 0 unspecified atom stereocenters. The van der Waals surface area contributed by atoms with Crippen LogP contribution in [0.1, 0.15) is 12.8 Å². The summed E-state index contributed by atoms with van der Waals surface area (Å²) in [5.74, 6) is -0.799. The average molecular weight is 422 g/mol. The number of alkyl halides is 2. The fourth-order valence-electron chi connectivity index (χ4n) is 2.10. The average Bonchev–Trinajstić information content (AvgIpc) is 2.61. The second-order valence-corrected chi connectivity index (χ2v) is 8.38. The van der Waals surface area contributed by atoms with Gasteiger partial charge in [0.1, 0.15) is 0 Å². The van der Waals surface area contributed by atoms with Crippen LogP contribution in [0.2, 0.25) is 0 Å². The number of hydrogen-bond donors (Lipinski definition) is 0. The number of carbonyl (C=O) groups is 2. The van der Waals surface area contributed by atoms with Crippen LogP contribution < -0.4 is 0 Å². The summed E-state index contributed by atoms with van der Waals surface area (Å²) in [5.41, 5.74) is 0. The first-order valence-electron chi connectivity index (χ1n) is 7.52. The van der Waals surface area contributed by atoms with Gasteiger partial charge in [-0.25, -0.2) is 8.78 Å². The molecular weight excluding hydrogens is 402 g/mol. The molecule has 0 aromatic heterocycles. The number of amides is 2. The van der Waals surface area contributed by atoms with Gasteiger partial charge < -0.3 is 9.80 Å². The summed E-state index contributed by atoms with van der Waals surface area (Å²) < 4.78 is 75.9. The molecule has 0 aliphatic carbocycles. The second kappa shape index (κ2) is 10.1. The van der Waals surface area contributed by atoms with Crippen molar-refractivity contribution in [2.24, 2.45) is 0 Å². The van der Waals surface area contributed by atoms with Gasteiger partial charge in [-0.2, -0.15) is 16.8 Å². The van der Waals surface area contributed by atoms with Gasteiger partial charge >= 0.3 is 0 Å². The molecule has 1 heterocycles. The lowest BCUT2D eigenvalue weighted by Crippen LogP contribution is -2.50. The van der Waals surface area contributed by atoms with E-state index < -0.39 is 57.3 Å². The van der Waals surface area contributed by atoms with E-state index in [4.69, 9.17) is 0 Å². The summed E-state index contributed by atoms with van der Waals surface area (Å²) in [6.07, 6.45) is -0.496. The molecule has 0 saturated carbocycles. The van der Waals surface area contributed by atoms with Crippen molar-refractivity contribution >= 4 is 32.1 Å². The van der Waals surface area contributed by atoms with E-state index in [1.54, 1.807) is 0 Å². The summed E-state index contributed by atoms with van der Waals surface area (Å²) in [5, 5.41) is 0. The van der Waals surface area contributed by atoms with E-state index in [0.29, 0.717) is 0 Å². The lowest BCUT2D eigenvalue weighted by Gasteiger charge is -2.34. The van der Waals surface area contributed by atoms with Crippen molar-refractivity contribution in [3.63, 3.8) is 0 Å². The molecule has 0 radical (unpaired) electrons. The third-order valence-corrected chi connectivity index (χ3v) is 5.00. The minimum absolute atomic E-state index is 0.198. The van der Waals surface area contributed by atoms with E-state index in [-0.39, 0.29) is 39.0 Å². The van der Waals surface area contributed by atoms with Crippen LogP contribution >= 0.6 is 0 Å². The van der Waals surface area contributed by atoms with E-state index in [2.05, 4.69) is 8.37 Å². The highest BCUT2D eigenvalue weighted by atomic mass is 32.2. The molecule has 152 valence electrons. The zero-order valence-electron chi connectivity index (χ0n) is 13.8. The SMILES string of the molecule is O=C(CCOS(=O)(=O)CF)N1CCN(C(=O)CCOS(=O)(=O)CF)CC1. The molecule has 0 spiro atoms. The van der Waals surface area contributed by atoms with Crippen molar-refractivity contribution in [3.8, 4) is 0 Å². The molecular formula is C12H20F2N2O8S2. The van der Waals surface area contributed by atoms with Gasteiger partial charge in [-0.05, 0) is 0 Å². The van der Waals surface area contributed by atoms with Crippen LogP contribution in [0.5, 0.6) is 0 Å². The quantitative estimate of drug-likeness (QED) is 0.410. The van der Waals surface area contributed by atoms with Gasteiger partial charge in [0.15, 0.2) is 0 Å². The minimum Gasteiger partial charge on any atom is -0.339 e. The third-order valence-electron chi connectivity index (χ3n) is 3.41. The summed E-state index contributed by atoms with van der Waals surface area (Å²) in [7, 11) is -8.51. The lowest BCUT2D eigenvalue weighted by atomic mass is 10.2. The Bertz CT molecular complexity index is 630. The van der Waals surface area contributed by atoms with E-state index in [9.17, 15) is 35.2 Å². The summed E-state index contributed by atoms with van der Waals surface area (Å²) in [4.78, 5) is 26.6. The zero-order valence-corrected chi connectivity index (χ0v) is 15.4. The van der Waals surface area contributed by atoms with Crippen LogP contribution in [0.15, 0.2) is 0 Å². The van der Waals surface area contributed by atoms with Gasteiger partial charge in [0.05, 0.1) is 26.1 Å². The molecule has 14 heteroatoms. The van der Waals surface area contributed by atoms with E-state index >= 15 is 0 Å². The second-order valence-electron chi connectivity index (χ2n) is 5.24. The van der Waals surface area contributed by atoms with Gasteiger partial charge in [0.2, 0.25) is 23.8 Å². The smallest absolute Gasteiger partial charge is 0.297 e.